The van der Waals surface area contributed by atoms with Crippen LogP contribution in [0.5, 0.6) is 0 Å². The van der Waals surface area contributed by atoms with E-state index >= 15 is 0 Å². The Bertz CT molecular complexity index is 156. The molecule has 4 heteroatoms. The SMILES string of the molecule is CC(=O)CC(=O)C[C](=O)[Ir]. The molecule has 0 radical (unpaired) electrons. The molecular formula is C6H7IrO3. The molecule has 0 rings (SSSR count). The Morgan fingerprint density at radius 3 is 2.00 bits per heavy atom. The summed E-state index contributed by atoms with van der Waals surface area (Å²) in [4.78, 5) is 31.2. The predicted octanol–water partition coefficient (Wildman–Crippen LogP) is -0.00190. The molecule has 0 saturated carbocycles. The van der Waals surface area contributed by atoms with Crippen molar-refractivity contribution in [3.05, 3.63) is 0 Å². The van der Waals surface area contributed by atoms with Crippen LogP contribution in [0.4, 0.5) is 0 Å². The Hall–Kier alpha value is -0.341. The minimum atomic E-state index is -0.292. The fraction of sp³-hybridized carbons (Fsp3) is 0.500. The Balaban J connectivity index is 3.65. The summed E-state index contributed by atoms with van der Waals surface area (Å²) in [7, 11) is 0. The van der Waals surface area contributed by atoms with Crippen molar-refractivity contribution in [1.82, 2.24) is 0 Å². The van der Waals surface area contributed by atoms with Crippen molar-refractivity contribution in [2.75, 3.05) is 0 Å². The van der Waals surface area contributed by atoms with Crippen molar-refractivity contribution >= 4 is 15.9 Å². The van der Waals surface area contributed by atoms with Gasteiger partial charge < -0.3 is 0 Å². The molecule has 0 bridgehead atoms. The first-order valence-electron chi connectivity index (χ1n) is 2.69. The fourth-order valence-electron chi connectivity index (χ4n) is 0.486. The molecule has 10 heavy (non-hydrogen) atoms. The van der Waals surface area contributed by atoms with E-state index in [1.807, 2.05) is 0 Å². The van der Waals surface area contributed by atoms with E-state index in [2.05, 4.69) is 0 Å². The summed E-state index contributed by atoms with van der Waals surface area (Å²) < 4.78 is -0.189. The van der Waals surface area contributed by atoms with Crippen LogP contribution in [0, 0.1) is 0 Å². The van der Waals surface area contributed by atoms with Crippen molar-refractivity contribution in [1.29, 1.82) is 0 Å². The molecule has 0 aromatic carbocycles. The van der Waals surface area contributed by atoms with Crippen molar-refractivity contribution in [3.8, 4) is 0 Å². The van der Waals surface area contributed by atoms with Gasteiger partial charge in [-0.15, -0.1) is 0 Å². The molecule has 0 aromatic heterocycles. The first-order valence-corrected chi connectivity index (χ1v) is 3.89. The Morgan fingerprint density at radius 1 is 1.20 bits per heavy atom. The van der Waals surface area contributed by atoms with Crippen LogP contribution in [-0.4, -0.2) is 15.9 Å². The molecule has 3 nitrogen and oxygen atoms in total. The summed E-state index contributed by atoms with van der Waals surface area (Å²) in [5.74, 6) is -0.480. The average molecular weight is 319 g/mol. The van der Waals surface area contributed by atoms with Crippen molar-refractivity contribution in [3.63, 3.8) is 0 Å². The number of hydrogen-bond donors (Lipinski definition) is 0. The van der Waals surface area contributed by atoms with Gasteiger partial charge in [0, 0.05) is 0 Å². The molecule has 0 aliphatic heterocycles. The molecule has 0 spiro atoms. The monoisotopic (exact) mass is 320 g/mol. The average Bonchev–Trinajstić information content (AvgIpc) is 1.58. The van der Waals surface area contributed by atoms with Crippen LogP contribution >= 0.6 is 0 Å². The fourth-order valence-corrected chi connectivity index (χ4v) is 0.959. The Morgan fingerprint density at radius 2 is 1.70 bits per heavy atom. The number of hydrogen-bond acceptors (Lipinski definition) is 3. The molecule has 0 fully saturated rings. The standard InChI is InChI=1S/C6H7O3.Ir/c1-5(8)4-6(9)2-3-7;/h2,4H2,1H3;. The summed E-state index contributed by atoms with van der Waals surface area (Å²) >= 11 is 1.33. The summed E-state index contributed by atoms with van der Waals surface area (Å²) in [6, 6.07) is 0. The van der Waals surface area contributed by atoms with Gasteiger partial charge in [-0.3, -0.25) is 0 Å². The maximum atomic E-state index is 10.6. The van der Waals surface area contributed by atoms with Gasteiger partial charge in [0.25, 0.3) is 0 Å². The molecular weight excluding hydrogens is 312 g/mol. The quantitative estimate of drug-likeness (QED) is 0.685. The van der Waals surface area contributed by atoms with E-state index in [9.17, 15) is 14.4 Å². The van der Waals surface area contributed by atoms with Gasteiger partial charge in [-0.1, -0.05) is 0 Å². The van der Waals surface area contributed by atoms with Gasteiger partial charge in [0.05, 0.1) is 0 Å². The third-order valence-corrected chi connectivity index (χ3v) is 1.20. The third-order valence-electron chi connectivity index (χ3n) is 0.774. The topological polar surface area (TPSA) is 51.2 Å². The van der Waals surface area contributed by atoms with E-state index in [0.29, 0.717) is 0 Å². The molecule has 0 N–H and O–H groups in total. The van der Waals surface area contributed by atoms with E-state index in [4.69, 9.17) is 0 Å². The molecule has 0 saturated heterocycles. The zero-order chi connectivity index (χ0) is 8.15. The Kier molecular flexibility index (Phi) is 4.32. The van der Waals surface area contributed by atoms with Crippen molar-refractivity contribution in [2.24, 2.45) is 0 Å². The number of rotatable bonds is 4. The summed E-state index contributed by atoms with van der Waals surface area (Å²) in [6.07, 6.45) is -0.223. The van der Waals surface area contributed by atoms with Gasteiger partial charge in [0.15, 0.2) is 0 Å². The molecule has 58 valence electrons. The first-order chi connectivity index (χ1) is 4.52. The van der Waals surface area contributed by atoms with Crippen LogP contribution in [0.15, 0.2) is 0 Å². The molecule has 0 atom stereocenters. The second kappa shape index (κ2) is 4.47. The Labute approximate surface area is 69.3 Å². The molecule has 0 aliphatic rings. The zero-order valence-electron chi connectivity index (χ0n) is 5.47. The maximum absolute atomic E-state index is 10.6. The second-order valence-corrected chi connectivity index (χ2v) is 3.26. The summed E-state index contributed by atoms with van der Waals surface area (Å²) in [5.41, 5.74) is 0. The molecule has 0 aliphatic carbocycles. The van der Waals surface area contributed by atoms with Crippen LogP contribution in [0.3, 0.4) is 0 Å². The van der Waals surface area contributed by atoms with Gasteiger partial charge in [0.1, 0.15) is 0 Å². The van der Waals surface area contributed by atoms with Crippen LogP contribution in [0.2, 0.25) is 0 Å². The van der Waals surface area contributed by atoms with E-state index in [-0.39, 0.29) is 28.7 Å². The van der Waals surface area contributed by atoms with E-state index in [1.54, 1.807) is 0 Å². The van der Waals surface area contributed by atoms with Gasteiger partial charge in [0.2, 0.25) is 0 Å². The van der Waals surface area contributed by atoms with Gasteiger partial charge >= 0.3 is 68.9 Å². The predicted molar refractivity (Wildman–Crippen MR) is 29.9 cm³/mol. The van der Waals surface area contributed by atoms with E-state index in [1.165, 1.54) is 25.8 Å². The van der Waals surface area contributed by atoms with Crippen LogP contribution in [-0.2, 0) is 33.3 Å². The number of ketones is 2. The van der Waals surface area contributed by atoms with E-state index in [0.717, 1.165) is 0 Å². The second-order valence-electron chi connectivity index (χ2n) is 1.92. The molecule has 0 aromatic rings. The van der Waals surface area contributed by atoms with Crippen molar-refractivity contribution in [2.45, 2.75) is 19.8 Å². The van der Waals surface area contributed by atoms with E-state index < -0.39 is 0 Å². The minimum absolute atomic E-state index is 0.112. The number of carbonyl (C=O) groups is 3. The van der Waals surface area contributed by atoms with Gasteiger partial charge in [-0.05, 0) is 0 Å². The zero-order valence-corrected chi connectivity index (χ0v) is 7.87. The van der Waals surface area contributed by atoms with Gasteiger partial charge in [-0.25, -0.2) is 0 Å². The number of carbonyl (C=O) groups excluding carboxylic acids is 3. The molecule has 0 heterocycles. The van der Waals surface area contributed by atoms with Crippen molar-refractivity contribution < 1.29 is 33.3 Å². The molecule has 0 unspecified atom stereocenters. The van der Waals surface area contributed by atoms with Crippen LogP contribution in [0.25, 0.3) is 0 Å². The summed E-state index contributed by atoms with van der Waals surface area (Å²) in [6.45, 7) is 1.33. The third kappa shape index (κ3) is 5.79. The normalized spacial score (nSPS) is 9.10. The van der Waals surface area contributed by atoms with Crippen LogP contribution in [0.1, 0.15) is 19.8 Å². The molecule has 0 amide bonds. The summed E-state index contributed by atoms with van der Waals surface area (Å²) in [5, 5.41) is 0. The van der Waals surface area contributed by atoms with Gasteiger partial charge in [-0.2, -0.15) is 0 Å². The van der Waals surface area contributed by atoms with Crippen LogP contribution < -0.4 is 0 Å². The number of Topliss-reactive ketones (excluding diaryl/α,β-unsaturated/α-hetero) is 2. The first kappa shape index (κ1) is 9.66.